The molecule has 2 aromatic carbocycles. The average molecular weight is 291 g/mol. The maximum absolute atomic E-state index is 10.4. The van der Waals surface area contributed by atoms with Gasteiger partial charge in [-0.1, -0.05) is 42.8 Å². The van der Waals surface area contributed by atoms with Crippen molar-refractivity contribution in [3.8, 4) is 5.75 Å². The fourth-order valence-corrected chi connectivity index (χ4v) is 2.11. The predicted molar refractivity (Wildman–Crippen MR) is 82.5 cm³/mol. The van der Waals surface area contributed by atoms with Gasteiger partial charge in [0, 0.05) is 5.02 Å². The molecule has 0 saturated carbocycles. The molecular formula is C17H19ClO2. The van der Waals surface area contributed by atoms with Crippen molar-refractivity contribution in [1.29, 1.82) is 0 Å². The molecule has 2 nitrogen and oxygen atoms in total. The van der Waals surface area contributed by atoms with Crippen LogP contribution in [0.25, 0.3) is 0 Å². The Kier molecular flexibility index (Phi) is 5.05. The molecule has 0 bridgehead atoms. The molecule has 106 valence electrons. The third kappa shape index (κ3) is 3.53. The molecule has 3 heteroatoms. The number of hydrogen-bond donors (Lipinski definition) is 1. The maximum Gasteiger partial charge on any atom is 0.119 e. The highest BCUT2D eigenvalue weighted by molar-refractivity contribution is 6.31. The first-order valence-electron chi connectivity index (χ1n) is 6.78. The lowest BCUT2D eigenvalue weighted by molar-refractivity contribution is 0.220. The molecule has 1 unspecified atom stereocenters. The van der Waals surface area contributed by atoms with Gasteiger partial charge in [-0.25, -0.2) is 0 Å². The molecule has 0 fully saturated rings. The van der Waals surface area contributed by atoms with Crippen molar-refractivity contribution >= 4 is 11.6 Å². The van der Waals surface area contributed by atoms with Crippen LogP contribution in [0.15, 0.2) is 42.5 Å². The SMILES string of the molecule is CCCOc1ccc(C(O)c2ccc(Cl)c(C)c2)cc1. The molecule has 0 aliphatic heterocycles. The molecule has 20 heavy (non-hydrogen) atoms. The fraction of sp³-hybridized carbons (Fsp3) is 0.294. The van der Waals surface area contributed by atoms with Crippen molar-refractivity contribution in [2.75, 3.05) is 6.61 Å². The molecule has 2 rings (SSSR count). The van der Waals surface area contributed by atoms with Crippen LogP contribution in [0.3, 0.4) is 0 Å². The van der Waals surface area contributed by atoms with Gasteiger partial charge in [0.1, 0.15) is 11.9 Å². The van der Waals surface area contributed by atoms with Crippen LogP contribution in [0.2, 0.25) is 5.02 Å². The van der Waals surface area contributed by atoms with E-state index >= 15 is 0 Å². The minimum atomic E-state index is -0.647. The van der Waals surface area contributed by atoms with Gasteiger partial charge in [-0.15, -0.1) is 0 Å². The molecule has 0 spiro atoms. The number of hydrogen-bond acceptors (Lipinski definition) is 2. The molecule has 0 heterocycles. The van der Waals surface area contributed by atoms with E-state index < -0.39 is 6.10 Å². The van der Waals surface area contributed by atoms with E-state index in [1.165, 1.54) is 0 Å². The van der Waals surface area contributed by atoms with E-state index in [0.717, 1.165) is 28.9 Å². The van der Waals surface area contributed by atoms with Gasteiger partial charge in [0.2, 0.25) is 0 Å². The number of ether oxygens (including phenoxy) is 1. The van der Waals surface area contributed by atoms with E-state index in [4.69, 9.17) is 16.3 Å². The van der Waals surface area contributed by atoms with E-state index in [1.54, 1.807) is 0 Å². The summed E-state index contributed by atoms with van der Waals surface area (Å²) in [7, 11) is 0. The summed E-state index contributed by atoms with van der Waals surface area (Å²) in [6.45, 7) is 4.71. The quantitative estimate of drug-likeness (QED) is 0.877. The molecule has 0 amide bonds. The Morgan fingerprint density at radius 3 is 2.35 bits per heavy atom. The lowest BCUT2D eigenvalue weighted by atomic mass is 10.00. The molecule has 1 N–H and O–H groups in total. The molecule has 1 atom stereocenters. The monoisotopic (exact) mass is 290 g/mol. The largest absolute Gasteiger partial charge is 0.494 e. The summed E-state index contributed by atoms with van der Waals surface area (Å²) < 4.78 is 5.53. The van der Waals surface area contributed by atoms with Crippen molar-refractivity contribution in [3.63, 3.8) is 0 Å². The number of halogens is 1. The standard InChI is InChI=1S/C17H19ClO2/c1-3-10-20-15-7-4-13(5-8-15)17(19)14-6-9-16(18)12(2)11-14/h4-9,11,17,19H,3,10H2,1-2H3. The van der Waals surface area contributed by atoms with E-state index in [0.29, 0.717) is 11.6 Å². The summed E-state index contributed by atoms with van der Waals surface area (Å²) in [6, 6.07) is 13.1. The van der Waals surface area contributed by atoms with Gasteiger partial charge in [-0.2, -0.15) is 0 Å². The minimum Gasteiger partial charge on any atom is -0.494 e. The smallest absolute Gasteiger partial charge is 0.119 e. The van der Waals surface area contributed by atoms with Crippen LogP contribution in [0, 0.1) is 6.92 Å². The topological polar surface area (TPSA) is 29.5 Å². The van der Waals surface area contributed by atoms with Crippen LogP contribution in [0.1, 0.15) is 36.1 Å². The van der Waals surface area contributed by atoms with Crippen molar-refractivity contribution in [1.82, 2.24) is 0 Å². The highest BCUT2D eigenvalue weighted by Gasteiger charge is 2.11. The van der Waals surface area contributed by atoms with E-state index in [-0.39, 0.29) is 0 Å². The number of aryl methyl sites for hydroxylation is 1. The first kappa shape index (κ1) is 14.9. The van der Waals surface area contributed by atoms with Gasteiger partial charge >= 0.3 is 0 Å². The number of benzene rings is 2. The summed E-state index contributed by atoms with van der Waals surface area (Å²) >= 11 is 6.00. The zero-order valence-corrected chi connectivity index (χ0v) is 12.5. The average Bonchev–Trinajstić information content (AvgIpc) is 2.48. The molecule has 2 aromatic rings. The zero-order chi connectivity index (χ0) is 14.5. The Hall–Kier alpha value is -1.51. The first-order valence-corrected chi connectivity index (χ1v) is 7.16. The number of aliphatic hydroxyl groups excluding tert-OH is 1. The normalized spacial score (nSPS) is 12.2. The lowest BCUT2D eigenvalue weighted by Gasteiger charge is -2.13. The molecule has 0 aliphatic rings. The Labute approximate surface area is 125 Å². The predicted octanol–water partition coefficient (Wildman–Crippen LogP) is 4.52. The Morgan fingerprint density at radius 1 is 1.10 bits per heavy atom. The Morgan fingerprint density at radius 2 is 1.75 bits per heavy atom. The highest BCUT2D eigenvalue weighted by atomic mass is 35.5. The summed E-state index contributed by atoms with van der Waals surface area (Å²) in [5, 5.41) is 11.1. The van der Waals surface area contributed by atoms with Gasteiger partial charge < -0.3 is 9.84 Å². The third-order valence-electron chi connectivity index (χ3n) is 3.17. The minimum absolute atomic E-state index is 0.647. The number of rotatable bonds is 5. The van der Waals surface area contributed by atoms with Crippen LogP contribution in [0.5, 0.6) is 5.75 Å². The third-order valence-corrected chi connectivity index (χ3v) is 3.59. The van der Waals surface area contributed by atoms with E-state index in [9.17, 15) is 5.11 Å². The zero-order valence-electron chi connectivity index (χ0n) is 11.8. The summed E-state index contributed by atoms with van der Waals surface area (Å²) in [5.41, 5.74) is 2.65. The van der Waals surface area contributed by atoms with Gasteiger partial charge in [-0.3, -0.25) is 0 Å². The van der Waals surface area contributed by atoms with Gasteiger partial charge in [-0.05, 0) is 48.2 Å². The Bertz CT molecular complexity index is 564. The second-order valence-corrected chi connectivity index (χ2v) is 5.24. The van der Waals surface area contributed by atoms with Crippen molar-refractivity contribution < 1.29 is 9.84 Å². The number of aliphatic hydroxyl groups is 1. The summed E-state index contributed by atoms with van der Waals surface area (Å²) in [6.07, 6.45) is 0.334. The lowest BCUT2D eigenvalue weighted by Crippen LogP contribution is -2.01. The molecule has 0 aliphatic carbocycles. The van der Waals surface area contributed by atoms with Crippen LogP contribution in [-0.4, -0.2) is 11.7 Å². The van der Waals surface area contributed by atoms with Gasteiger partial charge in [0.05, 0.1) is 6.61 Å². The van der Waals surface area contributed by atoms with Gasteiger partial charge in [0.15, 0.2) is 0 Å². The van der Waals surface area contributed by atoms with Crippen molar-refractivity contribution in [3.05, 3.63) is 64.2 Å². The van der Waals surface area contributed by atoms with Crippen LogP contribution in [-0.2, 0) is 0 Å². The summed E-state index contributed by atoms with van der Waals surface area (Å²) in [4.78, 5) is 0. The van der Waals surface area contributed by atoms with E-state index in [2.05, 4.69) is 6.92 Å². The Balaban J connectivity index is 2.15. The van der Waals surface area contributed by atoms with Crippen molar-refractivity contribution in [2.45, 2.75) is 26.4 Å². The van der Waals surface area contributed by atoms with Crippen molar-refractivity contribution in [2.24, 2.45) is 0 Å². The molecule has 0 radical (unpaired) electrons. The van der Waals surface area contributed by atoms with Crippen LogP contribution < -0.4 is 4.74 Å². The van der Waals surface area contributed by atoms with Crippen LogP contribution >= 0.6 is 11.6 Å². The van der Waals surface area contributed by atoms with E-state index in [1.807, 2.05) is 49.4 Å². The fourth-order valence-electron chi connectivity index (χ4n) is 2.00. The first-order chi connectivity index (χ1) is 9.61. The van der Waals surface area contributed by atoms with Crippen LogP contribution in [0.4, 0.5) is 0 Å². The molecular weight excluding hydrogens is 272 g/mol. The second-order valence-electron chi connectivity index (χ2n) is 4.83. The summed E-state index contributed by atoms with van der Waals surface area (Å²) in [5.74, 6) is 0.829. The van der Waals surface area contributed by atoms with Gasteiger partial charge in [0.25, 0.3) is 0 Å². The second kappa shape index (κ2) is 6.78. The molecule has 0 saturated heterocycles. The maximum atomic E-state index is 10.4. The highest BCUT2D eigenvalue weighted by Crippen LogP contribution is 2.26. The molecule has 0 aromatic heterocycles.